The summed E-state index contributed by atoms with van der Waals surface area (Å²) >= 11 is 5.84. The molecule has 2 aliphatic rings. The SMILES string of the molecule is O=C(OCC(=O)N1CCN(c2ccc(Cl)cc2[N+](=O)[O-])CC1)C1=COCCO1. The number of ether oxygens (including phenoxy) is 3. The Bertz CT molecular complexity index is 806. The summed E-state index contributed by atoms with van der Waals surface area (Å²) in [5.41, 5.74) is 0.374. The molecule has 0 atom stereocenters. The number of benzene rings is 1. The van der Waals surface area contributed by atoms with Crippen LogP contribution in [0.2, 0.25) is 5.02 Å². The van der Waals surface area contributed by atoms with Gasteiger partial charge < -0.3 is 24.0 Å². The van der Waals surface area contributed by atoms with Crippen LogP contribution >= 0.6 is 11.6 Å². The Morgan fingerprint density at radius 2 is 1.96 bits per heavy atom. The molecule has 0 bridgehead atoms. The molecular weight excluding hydrogens is 394 g/mol. The van der Waals surface area contributed by atoms with Crippen LogP contribution in [0.3, 0.4) is 0 Å². The largest absolute Gasteiger partial charge is 0.493 e. The predicted molar refractivity (Wildman–Crippen MR) is 97.8 cm³/mol. The van der Waals surface area contributed by atoms with Crippen LogP contribution < -0.4 is 4.90 Å². The van der Waals surface area contributed by atoms with Crippen molar-refractivity contribution < 1.29 is 28.7 Å². The number of nitrogens with zero attached hydrogens (tertiary/aromatic N) is 3. The van der Waals surface area contributed by atoms with E-state index < -0.39 is 17.5 Å². The fourth-order valence-corrected chi connectivity index (χ4v) is 3.04. The van der Waals surface area contributed by atoms with Gasteiger partial charge >= 0.3 is 5.97 Å². The number of halogens is 1. The van der Waals surface area contributed by atoms with Crippen molar-refractivity contribution in [3.63, 3.8) is 0 Å². The lowest BCUT2D eigenvalue weighted by molar-refractivity contribution is -0.384. The number of nitro benzene ring substituents is 1. The molecule has 10 nitrogen and oxygen atoms in total. The van der Waals surface area contributed by atoms with Crippen molar-refractivity contribution in [3.8, 4) is 0 Å². The Balaban J connectivity index is 1.52. The highest BCUT2D eigenvalue weighted by Gasteiger charge is 2.27. The summed E-state index contributed by atoms with van der Waals surface area (Å²) in [7, 11) is 0. The second-order valence-corrected chi connectivity index (χ2v) is 6.47. The van der Waals surface area contributed by atoms with E-state index in [1.54, 1.807) is 12.1 Å². The van der Waals surface area contributed by atoms with Crippen molar-refractivity contribution in [2.45, 2.75) is 0 Å². The lowest BCUT2D eigenvalue weighted by Crippen LogP contribution is -2.50. The molecule has 1 fully saturated rings. The Labute approximate surface area is 165 Å². The van der Waals surface area contributed by atoms with E-state index in [1.807, 2.05) is 4.90 Å². The summed E-state index contributed by atoms with van der Waals surface area (Å²) in [6.07, 6.45) is 1.16. The second-order valence-electron chi connectivity index (χ2n) is 6.04. The highest BCUT2D eigenvalue weighted by Crippen LogP contribution is 2.31. The van der Waals surface area contributed by atoms with Gasteiger partial charge in [0.05, 0.1) is 4.92 Å². The first kappa shape index (κ1) is 19.7. The van der Waals surface area contributed by atoms with Crippen molar-refractivity contribution in [1.82, 2.24) is 4.90 Å². The van der Waals surface area contributed by atoms with Gasteiger partial charge in [-0.3, -0.25) is 14.9 Å². The number of anilines is 1. The van der Waals surface area contributed by atoms with Crippen LogP contribution in [0.25, 0.3) is 0 Å². The molecule has 1 aromatic rings. The van der Waals surface area contributed by atoms with Crippen LogP contribution in [0.1, 0.15) is 0 Å². The molecule has 0 radical (unpaired) electrons. The van der Waals surface area contributed by atoms with Crippen molar-refractivity contribution in [3.05, 3.63) is 45.4 Å². The van der Waals surface area contributed by atoms with Crippen LogP contribution in [0, 0.1) is 10.1 Å². The normalized spacial score (nSPS) is 16.5. The fourth-order valence-electron chi connectivity index (χ4n) is 2.87. The number of rotatable bonds is 5. The van der Waals surface area contributed by atoms with E-state index in [4.69, 9.17) is 25.8 Å². The quantitative estimate of drug-likeness (QED) is 0.405. The summed E-state index contributed by atoms with van der Waals surface area (Å²) in [6.45, 7) is 1.69. The van der Waals surface area contributed by atoms with Gasteiger partial charge in [0.1, 0.15) is 25.2 Å². The Morgan fingerprint density at radius 3 is 2.61 bits per heavy atom. The van der Waals surface area contributed by atoms with Crippen molar-refractivity contribution >= 4 is 34.9 Å². The average Bonchev–Trinajstić information content (AvgIpc) is 2.72. The maximum Gasteiger partial charge on any atom is 0.377 e. The van der Waals surface area contributed by atoms with Gasteiger partial charge in [-0.25, -0.2) is 4.79 Å². The molecule has 0 aromatic heterocycles. The minimum Gasteiger partial charge on any atom is -0.493 e. The molecule has 2 aliphatic heterocycles. The third kappa shape index (κ3) is 4.63. The predicted octanol–water partition coefficient (Wildman–Crippen LogP) is 1.33. The van der Waals surface area contributed by atoms with Crippen LogP contribution in [0.5, 0.6) is 0 Å². The highest BCUT2D eigenvalue weighted by molar-refractivity contribution is 6.30. The minimum atomic E-state index is -0.761. The first-order valence-electron chi connectivity index (χ1n) is 8.54. The lowest BCUT2D eigenvalue weighted by atomic mass is 10.2. The molecule has 0 saturated carbocycles. The number of amides is 1. The standard InChI is InChI=1S/C17H18ClN3O7/c18-12-1-2-13(14(9-12)21(24)25)19-3-5-20(6-4-19)16(22)11-28-17(23)15-10-26-7-8-27-15/h1-2,9-10H,3-8,11H2. The van der Waals surface area contributed by atoms with Gasteiger partial charge in [-0.1, -0.05) is 11.6 Å². The third-order valence-electron chi connectivity index (χ3n) is 4.28. The third-order valence-corrected chi connectivity index (χ3v) is 4.52. The molecule has 0 aliphatic carbocycles. The number of esters is 1. The summed E-state index contributed by atoms with van der Waals surface area (Å²) in [6, 6.07) is 4.49. The molecule has 1 aromatic carbocycles. The first-order chi connectivity index (χ1) is 13.5. The van der Waals surface area contributed by atoms with Gasteiger partial charge in [0.2, 0.25) is 5.76 Å². The minimum absolute atomic E-state index is 0.0704. The summed E-state index contributed by atoms with van der Waals surface area (Å²) in [5.74, 6) is -1.18. The Hall–Kier alpha value is -3.01. The fraction of sp³-hybridized carbons (Fsp3) is 0.412. The number of nitro groups is 1. The highest BCUT2D eigenvalue weighted by atomic mass is 35.5. The number of carbonyl (C=O) groups is 2. The number of carbonyl (C=O) groups excluding carboxylic acids is 2. The molecule has 11 heteroatoms. The van der Waals surface area contributed by atoms with E-state index >= 15 is 0 Å². The zero-order chi connectivity index (χ0) is 20.1. The van der Waals surface area contributed by atoms with Crippen LogP contribution in [-0.4, -0.2) is 67.7 Å². The molecule has 28 heavy (non-hydrogen) atoms. The van der Waals surface area contributed by atoms with Gasteiger partial charge in [-0.15, -0.1) is 0 Å². The Morgan fingerprint density at radius 1 is 1.21 bits per heavy atom. The molecule has 1 saturated heterocycles. The molecule has 1 amide bonds. The van der Waals surface area contributed by atoms with Crippen molar-refractivity contribution in [1.29, 1.82) is 0 Å². The average molecular weight is 412 g/mol. The van der Waals surface area contributed by atoms with E-state index in [9.17, 15) is 19.7 Å². The maximum atomic E-state index is 12.3. The summed E-state index contributed by atoms with van der Waals surface area (Å²) < 4.78 is 15.0. The van der Waals surface area contributed by atoms with Crippen LogP contribution in [-0.2, 0) is 23.8 Å². The second kappa shape index (κ2) is 8.79. The van der Waals surface area contributed by atoms with Gasteiger partial charge in [0, 0.05) is 37.3 Å². The van der Waals surface area contributed by atoms with Crippen LogP contribution in [0.4, 0.5) is 11.4 Å². The zero-order valence-electron chi connectivity index (χ0n) is 14.8. The maximum absolute atomic E-state index is 12.3. The van der Waals surface area contributed by atoms with E-state index in [2.05, 4.69) is 0 Å². The van der Waals surface area contributed by atoms with Gasteiger partial charge in [-0.05, 0) is 12.1 Å². The topological polar surface area (TPSA) is 111 Å². The molecule has 150 valence electrons. The zero-order valence-corrected chi connectivity index (χ0v) is 15.6. The van der Waals surface area contributed by atoms with Gasteiger partial charge in [0.25, 0.3) is 11.6 Å². The van der Waals surface area contributed by atoms with Crippen molar-refractivity contribution in [2.24, 2.45) is 0 Å². The van der Waals surface area contributed by atoms with Crippen LogP contribution in [0.15, 0.2) is 30.2 Å². The molecule has 0 spiro atoms. The first-order valence-corrected chi connectivity index (χ1v) is 8.92. The smallest absolute Gasteiger partial charge is 0.377 e. The molecular formula is C17H18ClN3O7. The van der Waals surface area contributed by atoms with E-state index in [-0.39, 0.29) is 29.0 Å². The lowest BCUT2D eigenvalue weighted by Gasteiger charge is -2.35. The molecule has 0 unspecified atom stereocenters. The monoisotopic (exact) mass is 411 g/mol. The number of piperazine rings is 1. The molecule has 2 heterocycles. The summed E-state index contributed by atoms with van der Waals surface area (Å²) in [5, 5.41) is 11.5. The summed E-state index contributed by atoms with van der Waals surface area (Å²) in [4.78, 5) is 38.2. The number of hydrogen-bond donors (Lipinski definition) is 0. The van der Waals surface area contributed by atoms with E-state index in [0.29, 0.717) is 38.5 Å². The Kier molecular flexibility index (Phi) is 6.19. The van der Waals surface area contributed by atoms with E-state index in [1.165, 1.54) is 11.0 Å². The molecule has 3 rings (SSSR count). The molecule has 0 N–H and O–H groups in total. The van der Waals surface area contributed by atoms with Gasteiger partial charge in [0.15, 0.2) is 6.61 Å². The van der Waals surface area contributed by atoms with Crippen molar-refractivity contribution in [2.75, 3.05) is 50.9 Å². The van der Waals surface area contributed by atoms with Gasteiger partial charge in [-0.2, -0.15) is 0 Å². The van der Waals surface area contributed by atoms with E-state index in [0.717, 1.165) is 6.26 Å². The number of hydrogen-bond acceptors (Lipinski definition) is 8.